The smallest absolute Gasteiger partial charge is 0.320 e. The summed E-state index contributed by atoms with van der Waals surface area (Å²) in [5.41, 5.74) is 5.16. The van der Waals surface area contributed by atoms with E-state index < -0.39 is 21.1 Å². The molecule has 0 saturated carbocycles. The SMILES string of the molecule is CC(C)[C@H](N)C(=O)O.O=S(=O)(Cl)c1ccccn1. The lowest BCUT2D eigenvalue weighted by molar-refractivity contribution is -0.139. The van der Waals surface area contributed by atoms with Gasteiger partial charge in [0, 0.05) is 16.9 Å². The first-order valence-electron chi connectivity index (χ1n) is 5.00. The molecule has 0 saturated heterocycles. The second-order valence-corrected chi connectivity index (χ2v) is 6.23. The molecule has 0 aliphatic heterocycles. The van der Waals surface area contributed by atoms with Crippen molar-refractivity contribution in [3.63, 3.8) is 0 Å². The number of hydrogen-bond donors (Lipinski definition) is 2. The summed E-state index contributed by atoms with van der Waals surface area (Å²) in [6.07, 6.45) is 1.37. The molecule has 0 aromatic carbocycles. The first-order chi connectivity index (χ1) is 8.16. The van der Waals surface area contributed by atoms with Crippen molar-refractivity contribution in [3.05, 3.63) is 24.4 Å². The van der Waals surface area contributed by atoms with E-state index in [1.54, 1.807) is 26.0 Å². The Morgan fingerprint density at radius 3 is 2.17 bits per heavy atom. The van der Waals surface area contributed by atoms with Crippen LogP contribution < -0.4 is 5.73 Å². The molecule has 0 unspecified atom stereocenters. The van der Waals surface area contributed by atoms with Crippen molar-refractivity contribution in [1.82, 2.24) is 4.98 Å². The second-order valence-electron chi connectivity index (χ2n) is 3.71. The standard InChI is InChI=1S/C5H4ClNO2S.C5H11NO2/c6-10(8,9)5-3-1-2-4-7-5;1-3(2)4(6)5(7)8/h1-4H;3-4H,6H2,1-2H3,(H,7,8)/t;4-/m.0/s1. The predicted molar refractivity (Wildman–Crippen MR) is 67.7 cm³/mol. The minimum absolute atomic E-state index is 0.0208. The number of hydrogen-bond acceptors (Lipinski definition) is 5. The van der Waals surface area contributed by atoms with E-state index in [9.17, 15) is 13.2 Å². The van der Waals surface area contributed by atoms with Crippen LogP contribution in [0, 0.1) is 5.92 Å². The summed E-state index contributed by atoms with van der Waals surface area (Å²) < 4.78 is 21.1. The van der Waals surface area contributed by atoms with E-state index in [0.29, 0.717) is 0 Å². The zero-order valence-electron chi connectivity index (χ0n) is 9.95. The summed E-state index contributed by atoms with van der Waals surface area (Å²) in [6, 6.07) is 3.80. The molecule has 6 nitrogen and oxygen atoms in total. The lowest BCUT2D eigenvalue weighted by Crippen LogP contribution is -2.34. The van der Waals surface area contributed by atoms with Gasteiger partial charge in [0.1, 0.15) is 6.04 Å². The van der Waals surface area contributed by atoms with Gasteiger partial charge in [-0.1, -0.05) is 19.9 Å². The quantitative estimate of drug-likeness (QED) is 0.807. The van der Waals surface area contributed by atoms with Gasteiger partial charge < -0.3 is 10.8 Å². The Kier molecular flexibility index (Phi) is 6.82. The highest BCUT2D eigenvalue weighted by molar-refractivity contribution is 8.13. The molecule has 0 aliphatic rings. The van der Waals surface area contributed by atoms with Crippen LogP contribution in [0.25, 0.3) is 0 Å². The van der Waals surface area contributed by atoms with Gasteiger partial charge in [-0.05, 0) is 18.1 Å². The summed E-state index contributed by atoms with van der Waals surface area (Å²) in [5, 5.41) is 8.11. The summed E-state index contributed by atoms with van der Waals surface area (Å²) in [7, 11) is 1.33. The number of halogens is 1. The van der Waals surface area contributed by atoms with Crippen LogP contribution in [0.3, 0.4) is 0 Å². The molecule has 0 spiro atoms. The average Bonchev–Trinajstić information content (AvgIpc) is 2.28. The van der Waals surface area contributed by atoms with Gasteiger partial charge in [0.15, 0.2) is 5.03 Å². The molecule has 1 heterocycles. The number of carboxylic acids is 1. The van der Waals surface area contributed by atoms with Gasteiger partial charge in [-0.15, -0.1) is 0 Å². The van der Waals surface area contributed by atoms with E-state index in [2.05, 4.69) is 4.98 Å². The summed E-state index contributed by atoms with van der Waals surface area (Å²) >= 11 is 0. The molecule has 1 rings (SSSR count). The number of rotatable bonds is 3. The third-order valence-electron chi connectivity index (χ3n) is 1.89. The Morgan fingerprint density at radius 2 is 2.00 bits per heavy atom. The Bertz CT molecular complexity index is 476. The van der Waals surface area contributed by atoms with Crippen molar-refractivity contribution >= 4 is 25.7 Å². The molecule has 18 heavy (non-hydrogen) atoms. The molecule has 1 aromatic heterocycles. The van der Waals surface area contributed by atoms with Crippen LogP contribution >= 0.6 is 10.7 Å². The van der Waals surface area contributed by atoms with Crippen molar-refractivity contribution < 1.29 is 18.3 Å². The molecule has 0 amide bonds. The molecule has 102 valence electrons. The highest BCUT2D eigenvalue weighted by Crippen LogP contribution is 2.09. The fourth-order valence-corrected chi connectivity index (χ4v) is 1.48. The van der Waals surface area contributed by atoms with Crippen molar-refractivity contribution in [1.29, 1.82) is 0 Å². The third kappa shape index (κ3) is 6.53. The number of aliphatic carboxylic acids is 1. The Labute approximate surface area is 110 Å². The van der Waals surface area contributed by atoms with Crippen LogP contribution in [0.5, 0.6) is 0 Å². The first kappa shape index (κ1) is 16.8. The van der Waals surface area contributed by atoms with Gasteiger partial charge in [0.25, 0.3) is 9.05 Å². The first-order valence-corrected chi connectivity index (χ1v) is 7.31. The maximum absolute atomic E-state index is 10.5. The zero-order chi connectivity index (χ0) is 14.3. The van der Waals surface area contributed by atoms with E-state index >= 15 is 0 Å². The Morgan fingerprint density at radius 1 is 1.44 bits per heavy atom. The number of pyridine rings is 1. The lowest BCUT2D eigenvalue weighted by atomic mass is 10.1. The van der Waals surface area contributed by atoms with Crippen molar-refractivity contribution in [2.75, 3.05) is 0 Å². The molecular weight excluding hydrogens is 280 g/mol. The molecule has 0 radical (unpaired) electrons. The molecule has 0 fully saturated rings. The van der Waals surface area contributed by atoms with Crippen LogP contribution in [-0.2, 0) is 13.8 Å². The number of carboxylic acid groups (broad SMARTS) is 1. The fraction of sp³-hybridized carbons (Fsp3) is 0.400. The van der Waals surface area contributed by atoms with Crippen molar-refractivity contribution in [3.8, 4) is 0 Å². The fourth-order valence-electron chi connectivity index (χ4n) is 0.776. The van der Waals surface area contributed by atoms with Crippen molar-refractivity contribution in [2.45, 2.75) is 24.9 Å². The van der Waals surface area contributed by atoms with Gasteiger partial charge >= 0.3 is 5.97 Å². The topological polar surface area (TPSA) is 110 Å². The van der Waals surface area contributed by atoms with Gasteiger partial charge in [-0.25, -0.2) is 13.4 Å². The molecule has 0 aliphatic carbocycles. The highest BCUT2D eigenvalue weighted by Gasteiger charge is 2.14. The van der Waals surface area contributed by atoms with E-state index in [4.69, 9.17) is 21.5 Å². The van der Waals surface area contributed by atoms with Crippen LogP contribution in [-0.4, -0.2) is 30.5 Å². The molecule has 8 heteroatoms. The van der Waals surface area contributed by atoms with Gasteiger partial charge in [-0.2, -0.15) is 0 Å². The van der Waals surface area contributed by atoms with E-state index in [1.165, 1.54) is 12.3 Å². The minimum atomic E-state index is -3.64. The Balaban J connectivity index is 0.000000331. The summed E-state index contributed by atoms with van der Waals surface area (Å²) in [4.78, 5) is 13.5. The maximum Gasteiger partial charge on any atom is 0.320 e. The van der Waals surface area contributed by atoms with Gasteiger partial charge in [-0.3, -0.25) is 4.79 Å². The maximum atomic E-state index is 10.5. The van der Waals surface area contributed by atoms with Crippen LogP contribution in [0.15, 0.2) is 29.4 Å². The molecule has 1 aromatic rings. The number of carbonyl (C=O) groups is 1. The Hall–Kier alpha value is -1.18. The van der Waals surface area contributed by atoms with E-state index in [-0.39, 0.29) is 10.9 Å². The summed E-state index contributed by atoms with van der Waals surface area (Å²) in [5.74, 6) is -0.910. The number of nitrogens with zero attached hydrogens (tertiary/aromatic N) is 1. The number of nitrogens with two attached hydrogens (primary N) is 1. The molecule has 0 bridgehead atoms. The highest BCUT2D eigenvalue weighted by atomic mass is 35.7. The van der Waals surface area contributed by atoms with E-state index in [1.807, 2.05) is 0 Å². The van der Waals surface area contributed by atoms with Crippen LogP contribution in [0.1, 0.15) is 13.8 Å². The van der Waals surface area contributed by atoms with Crippen LogP contribution in [0.4, 0.5) is 0 Å². The van der Waals surface area contributed by atoms with Crippen molar-refractivity contribution in [2.24, 2.45) is 11.7 Å². The van der Waals surface area contributed by atoms with Gasteiger partial charge in [0.05, 0.1) is 0 Å². The monoisotopic (exact) mass is 294 g/mol. The normalized spacial score (nSPS) is 12.5. The number of aromatic nitrogens is 1. The minimum Gasteiger partial charge on any atom is -0.480 e. The predicted octanol–water partition coefficient (Wildman–Crippen LogP) is 1.06. The summed E-state index contributed by atoms with van der Waals surface area (Å²) in [6.45, 7) is 3.55. The largest absolute Gasteiger partial charge is 0.480 e. The van der Waals surface area contributed by atoms with Gasteiger partial charge in [0.2, 0.25) is 0 Å². The molecular formula is C10H15ClN2O4S. The second kappa shape index (κ2) is 7.30. The average molecular weight is 295 g/mol. The molecule has 1 atom stereocenters. The third-order valence-corrected chi connectivity index (χ3v) is 3.11. The van der Waals surface area contributed by atoms with E-state index in [0.717, 1.165) is 0 Å². The lowest BCUT2D eigenvalue weighted by Gasteiger charge is -2.07. The zero-order valence-corrected chi connectivity index (χ0v) is 11.5. The molecule has 3 N–H and O–H groups in total. The van der Waals surface area contributed by atoms with Crippen LogP contribution in [0.2, 0.25) is 0 Å².